The van der Waals surface area contributed by atoms with Crippen LogP contribution in [-0.2, 0) is 11.2 Å². The van der Waals surface area contributed by atoms with Gasteiger partial charge >= 0.3 is 5.97 Å². The average Bonchev–Trinajstić information content (AvgIpc) is 2.35. The lowest BCUT2D eigenvalue weighted by Crippen LogP contribution is -2.02. The quantitative estimate of drug-likeness (QED) is 0.475. The summed E-state index contributed by atoms with van der Waals surface area (Å²) in [5.74, 6) is -0.372. The maximum atomic E-state index is 10.6. The highest BCUT2D eigenvalue weighted by molar-refractivity contribution is 5.71. The summed E-state index contributed by atoms with van der Waals surface area (Å²) in [6.07, 6.45) is 3.42. The zero-order chi connectivity index (χ0) is 13.4. The zero-order valence-corrected chi connectivity index (χ0v) is 9.91. The number of benzene rings is 1. The normalized spacial score (nSPS) is 10.1. The fraction of sp³-hybridized carbons (Fsp3) is 0.250. The van der Waals surface area contributed by atoms with Crippen LogP contribution in [0.3, 0.4) is 0 Å². The monoisotopic (exact) mass is 247 g/mol. The number of rotatable bonds is 6. The number of ether oxygens (including phenoxy) is 1. The number of carboxylic acids is 1. The van der Waals surface area contributed by atoms with E-state index in [9.17, 15) is 4.79 Å². The molecule has 6 heteroatoms. The summed E-state index contributed by atoms with van der Waals surface area (Å²) < 4.78 is 5.14. The Balaban J connectivity index is 2.87. The first-order chi connectivity index (χ1) is 8.67. The molecule has 94 valence electrons. The predicted octanol–water partition coefficient (Wildman–Crippen LogP) is 2.65. The minimum Gasteiger partial charge on any atom is -0.496 e. The molecule has 6 nitrogen and oxygen atoms in total. The molecule has 0 unspecified atom stereocenters. The molecule has 0 saturated carbocycles. The van der Waals surface area contributed by atoms with Crippen LogP contribution in [0.2, 0.25) is 0 Å². The molecule has 0 spiro atoms. The highest BCUT2D eigenvalue weighted by Crippen LogP contribution is 2.21. The van der Waals surface area contributed by atoms with Gasteiger partial charge in [0.15, 0.2) is 0 Å². The Labute approximate surface area is 104 Å². The second kappa shape index (κ2) is 6.98. The molecule has 0 heterocycles. The number of hydrogen-bond donors (Lipinski definition) is 1. The molecule has 0 atom stereocenters. The summed E-state index contributed by atoms with van der Waals surface area (Å²) >= 11 is 0. The first kappa shape index (κ1) is 13.6. The van der Waals surface area contributed by atoms with Crippen LogP contribution < -0.4 is 4.74 Å². The molecule has 0 aromatic heterocycles. The van der Waals surface area contributed by atoms with Gasteiger partial charge in [-0.15, -0.1) is 0 Å². The van der Waals surface area contributed by atoms with Crippen LogP contribution in [0.25, 0.3) is 16.5 Å². The van der Waals surface area contributed by atoms with Crippen LogP contribution in [0.15, 0.2) is 29.4 Å². The standard InChI is InChI=1S/C12H13N3O3/c1-18-11-7-9(3-2-6-14-15-13)4-5-10(11)8-12(16)17/h2-5,7H,6,8H2,1H3,(H,16,17). The number of nitrogens with zero attached hydrogens (tertiary/aromatic N) is 3. The fourth-order valence-electron chi connectivity index (χ4n) is 1.45. The number of aliphatic carboxylic acids is 1. The van der Waals surface area contributed by atoms with Gasteiger partial charge in [-0.2, -0.15) is 0 Å². The SMILES string of the molecule is COc1cc(C=CCN=[N+]=[N-])ccc1CC(=O)O. The van der Waals surface area contributed by atoms with Crippen molar-refractivity contribution >= 4 is 12.0 Å². The Morgan fingerprint density at radius 3 is 3.00 bits per heavy atom. The third-order valence-corrected chi connectivity index (χ3v) is 2.21. The van der Waals surface area contributed by atoms with Crippen molar-refractivity contribution in [2.75, 3.05) is 13.7 Å². The number of carbonyl (C=O) groups is 1. The van der Waals surface area contributed by atoms with Gasteiger partial charge < -0.3 is 9.84 Å². The van der Waals surface area contributed by atoms with Gasteiger partial charge in [0.1, 0.15) is 5.75 Å². The molecule has 0 saturated heterocycles. The van der Waals surface area contributed by atoms with Gasteiger partial charge in [-0.3, -0.25) is 4.79 Å². The molecule has 1 rings (SSSR count). The fourth-order valence-corrected chi connectivity index (χ4v) is 1.45. The van der Waals surface area contributed by atoms with E-state index < -0.39 is 5.97 Å². The Morgan fingerprint density at radius 1 is 1.61 bits per heavy atom. The van der Waals surface area contributed by atoms with E-state index in [2.05, 4.69) is 10.0 Å². The van der Waals surface area contributed by atoms with Crippen molar-refractivity contribution in [3.8, 4) is 5.75 Å². The molecular weight excluding hydrogens is 234 g/mol. The highest BCUT2D eigenvalue weighted by Gasteiger charge is 2.07. The van der Waals surface area contributed by atoms with Crippen LogP contribution in [0.5, 0.6) is 5.75 Å². The average molecular weight is 247 g/mol. The lowest BCUT2D eigenvalue weighted by Gasteiger charge is -2.07. The summed E-state index contributed by atoms with van der Waals surface area (Å²) in [5, 5.41) is 12.1. The molecule has 1 aromatic rings. The first-order valence-electron chi connectivity index (χ1n) is 5.23. The topological polar surface area (TPSA) is 95.3 Å². The molecule has 0 bridgehead atoms. The minimum absolute atomic E-state index is 0.0775. The van der Waals surface area contributed by atoms with Crippen LogP contribution in [0, 0.1) is 0 Å². The zero-order valence-electron chi connectivity index (χ0n) is 9.91. The molecule has 0 aliphatic carbocycles. The first-order valence-corrected chi connectivity index (χ1v) is 5.23. The van der Waals surface area contributed by atoms with Crippen LogP contribution in [-0.4, -0.2) is 24.7 Å². The number of azide groups is 1. The third-order valence-electron chi connectivity index (χ3n) is 2.21. The van der Waals surface area contributed by atoms with Gasteiger partial charge in [0.25, 0.3) is 0 Å². The number of methoxy groups -OCH3 is 1. The summed E-state index contributed by atoms with van der Waals surface area (Å²) in [6, 6.07) is 5.23. The van der Waals surface area contributed by atoms with Crippen LogP contribution in [0.4, 0.5) is 0 Å². The summed E-state index contributed by atoms with van der Waals surface area (Å²) in [4.78, 5) is 13.3. The predicted molar refractivity (Wildman–Crippen MR) is 67.4 cm³/mol. The van der Waals surface area contributed by atoms with Crippen molar-refractivity contribution in [2.45, 2.75) is 6.42 Å². The van der Waals surface area contributed by atoms with E-state index in [1.165, 1.54) is 7.11 Å². The molecular formula is C12H13N3O3. The van der Waals surface area contributed by atoms with Gasteiger partial charge in [-0.1, -0.05) is 29.4 Å². The largest absolute Gasteiger partial charge is 0.496 e. The Hall–Kier alpha value is -2.46. The second-order valence-corrected chi connectivity index (χ2v) is 3.46. The van der Waals surface area contributed by atoms with Gasteiger partial charge in [0, 0.05) is 17.0 Å². The van der Waals surface area contributed by atoms with E-state index in [1.807, 2.05) is 0 Å². The summed E-state index contributed by atoms with van der Waals surface area (Å²) in [5.41, 5.74) is 9.59. The van der Waals surface area contributed by atoms with Crippen molar-refractivity contribution in [1.29, 1.82) is 0 Å². The molecule has 0 fully saturated rings. The summed E-state index contributed by atoms with van der Waals surface area (Å²) in [7, 11) is 1.49. The molecule has 1 aromatic carbocycles. The third kappa shape index (κ3) is 4.19. The molecule has 0 amide bonds. The van der Waals surface area contributed by atoms with E-state index in [1.54, 1.807) is 30.4 Å². The molecule has 0 aliphatic heterocycles. The van der Waals surface area contributed by atoms with Crippen molar-refractivity contribution in [2.24, 2.45) is 5.11 Å². The number of carboxylic acid groups (broad SMARTS) is 1. The van der Waals surface area contributed by atoms with Crippen molar-refractivity contribution < 1.29 is 14.6 Å². The lowest BCUT2D eigenvalue weighted by atomic mass is 10.1. The van der Waals surface area contributed by atoms with E-state index in [4.69, 9.17) is 15.4 Å². The van der Waals surface area contributed by atoms with Gasteiger partial charge in [0.05, 0.1) is 13.5 Å². The van der Waals surface area contributed by atoms with Gasteiger partial charge in [-0.05, 0) is 17.2 Å². The van der Waals surface area contributed by atoms with Gasteiger partial charge in [-0.25, -0.2) is 0 Å². The maximum Gasteiger partial charge on any atom is 0.307 e. The van der Waals surface area contributed by atoms with Crippen LogP contribution in [0.1, 0.15) is 11.1 Å². The molecule has 0 radical (unpaired) electrons. The second-order valence-electron chi connectivity index (χ2n) is 3.46. The Bertz CT molecular complexity index is 505. The van der Waals surface area contributed by atoms with E-state index >= 15 is 0 Å². The summed E-state index contributed by atoms with van der Waals surface area (Å²) in [6.45, 7) is 0.274. The minimum atomic E-state index is -0.903. The van der Waals surface area contributed by atoms with Gasteiger partial charge in [0.2, 0.25) is 0 Å². The highest BCUT2D eigenvalue weighted by atomic mass is 16.5. The van der Waals surface area contributed by atoms with E-state index in [-0.39, 0.29) is 13.0 Å². The maximum absolute atomic E-state index is 10.6. The molecule has 0 aliphatic rings. The lowest BCUT2D eigenvalue weighted by molar-refractivity contribution is -0.136. The molecule has 18 heavy (non-hydrogen) atoms. The molecule has 1 N–H and O–H groups in total. The van der Waals surface area contributed by atoms with Crippen molar-refractivity contribution in [3.63, 3.8) is 0 Å². The van der Waals surface area contributed by atoms with Crippen molar-refractivity contribution in [3.05, 3.63) is 45.8 Å². The van der Waals surface area contributed by atoms with E-state index in [0.29, 0.717) is 11.3 Å². The number of hydrogen-bond acceptors (Lipinski definition) is 3. The van der Waals surface area contributed by atoms with E-state index in [0.717, 1.165) is 5.56 Å². The van der Waals surface area contributed by atoms with Crippen LogP contribution >= 0.6 is 0 Å². The Morgan fingerprint density at radius 2 is 2.39 bits per heavy atom. The Kier molecular flexibility index (Phi) is 5.28. The van der Waals surface area contributed by atoms with Crippen molar-refractivity contribution in [1.82, 2.24) is 0 Å². The smallest absolute Gasteiger partial charge is 0.307 e.